The van der Waals surface area contributed by atoms with Crippen LogP contribution in [0.2, 0.25) is 0 Å². The van der Waals surface area contributed by atoms with E-state index in [1.54, 1.807) is 6.26 Å². The van der Waals surface area contributed by atoms with Gasteiger partial charge in [-0.05, 0) is 45.0 Å². The highest BCUT2D eigenvalue weighted by Gasteiger charge is 2.15. The van der Waals surface area contributed by atoms with E-state index in [0.717, 1.165) is 43.1 Å². The first kappa shape index (κ1) is 11.9. The minimum Gasteiger partial charge on any atom is -0.463 e. The summed E-state index contributed by atoms with van der Waals surface area (Å²) in [6.07, 6.45) is 3.90. The summed E-state index contributed by atoms with van der Waals surface area (Å²) >= 11 is 0. The molecule has 0 bridgehead atoms. The van der Waals surface area contributed by atoms with Gasteiger partial charge in [-0.3, -0.25) is 5.43 Å². The molecule has 0 aliphatic carbocycles. The molecule has 0 amide bonds. The third-order valence-electron chi connectivity index (χ3n) is 3.08. The second-order valence-corrected chi connectivity index (χ2v) is 4.34. The lowest BCUT2D eigenvalue weighted by molar-refractivity contribution is 0.404. The minimum atomic E-state index is 0.518. The molecule has 2 rings (SSSR count). The van der Waals surface area contributed by atoms with E-state index in [1.165, 1.54) is 0 Å². The Labute approximate surface area is 102 Å². The maximum Gasteiger partial charge on any atom is 0.149 e. The molecule has 92 valence electrons. The highest BCUT2D eigenvalue weighted by atomic mass is 16.3. The molecule has 0 atom stereocenters. The number of nitrogens with zero attached hydrogens (tertiary/aromatic N) is 1. The van der Waals surface area contributed by atoms with Crippen LogP contribution in [-0.2, 0) is 0 Å². The van der Waals surface area contributed by atoms with Crippen molar-refractivity contribution in [1.82, 2.24) is 10.7 Å². The lowest BCUT2D eigenvalue weighted by Crippen LogP contribution is -2.31. The molecule has 1 aromatic heterocycles. The molecule has 1 aliphatic heterocycles. The van der Waals surface area contributed by atoms with Crippen LogP contribution < -0.4 is 10.7 Å². The van der Waals surface area contributed by atoms with Gasteiger partial charge in [0, 0.05) is 11.6 Å². The van der Waals surface area contributed by atoms with Gasteiger partial charge in [-0.1, -0.05) is 6.58 Å². The van der Waals surface area contributed by atoms with Crippen LogP contribution in [0, 0.1) is 5.92 Å². The van der Waals surface area contributed by atoms with Crippen LogP contribution in [0.1, 0.15) is 25.5 Å². The van der Waals surface area contributed by atoms with E-state index in [0.29, 0.717) is 5.92 Å². The van der Waals surface area contributed by atoms with Crippen molar-refractivity contribution in [3.05, 3.63) is 36.4 Å². The largest absolute Gasteiger partial charge is 0.463 e. The zero-order chi connectivity index (χ0) is 12.1. The van der Waals surface area contributed by atoms with Crippen molar-refractivity contribution in [3.8, 4) is 0 Å². The van der Waals surface area contributed by atoms with Crippen molar-refractivity contribution in [2.24, 2.45) is 11.0 Å². The first-order valence-corrected chi connectivity index (χ1v) is 6.01. The molecule has 17 heavy (non-hydrogen) atoms. The van der Waals surface area contributed by atoms with Gasteiger partial charge in [-0.15, -0.1) is 0 Å². The van der Waals surface area contributed by atoms with E-state index in [1.807, 2.05) is 19.1 Å². The Morgan fingerprint density at radius 3 is 2.94 bits per heavy atom. The fraction of sp³-hybridized carbons (Fsp3) is 0.462. The van der Waals surface area contributed by atoms with Crippen LogP contribution in [0.15, 0.2) is 40.2 Å². The van der Waals surface area contributed by atoms with Crippen LogP contribution in [0.3, 0.4) is 0 Å². The molecule has 4 nitrogen and oxygen atoms in total. The summed E-state index contributed by atoms with van der Waals surface area (Å²) in [5, 5.41) is 7.63. The minimum absolute atomic E-state index is 0.518. The smallest absolute Gasteiger partial charge is 0.149 e. The number of piperidine rings is 1. The molecule has 0 saturated carbocycles. The van der Waals surface area contributed by atoms with Crippen LogP contribution in [0.25, 0.3) is 0 Å². The van der Waals surface area contributed by atoms with Gasteiger partial charge >= 0.3 is 0 Å². The predicted octanol–water partition coefficient (Wildman–Crippen LogP) is 2.11. The number of hydrogen-bond acceptors (Lipinski definition) is 4. The van der Waals surface area contributed by atoms with Crippen molar-refractivity contribution in [3.63, 3.8) is 0 Å². The van der Waals surface area contributed by atoms with Crippen LogP contribution in [-0.4, -0.2) is 18.8 Å². The Morgan fingerprint density at radius 2 is 2.29 bits per heavy atom. The third kappa shape index (κ3) is 3.20. The molecule has 2 heterocycles. The predicted molar refractivity (Wildman–Crippen MR) is 68.8 cm³/mol. The summed E-state index contributed by atoms with van der Waals surface area (Å²) in [5.41, 5.74) is 4.88. The normalized spacial score (nSPS) is 18.1. The van der Waals surface area contributed by atoms with E-state index in [-0.39, 0.29) is 0 Å². The van der Waals surface area contributed by atoms with Crippen molar-refractivity contribution in [2.75, 3.05) is 13.1 Å². The van der Waals surface area contributed by atoms with E-state index >= 15 is 0 Å². The Morgan fingerprint density at radius 1 is 1.53 bits per heavy atom. The van der Waals surface area contributed by atoms with Crippen molar-refractivity contribution < 1.29 is 4.42 Å². The lowest BCUT2D eigenvalue weighted by Gasteiger charge is -2.24. The van der Waals surface area contributed by atoms with Gasteiger partial charge in [0.25, 0.3) is 0 Å². The highest BCUT2D eigenvalue weighted by molar-refractivity contribution is 5.95. The molecular weight excluding hydrogens is 214 g/mol. The van der Waals surface area contributed by atoms with Crippen LogP contribution in [0.5, 0.6) is 0 Å². The Hall–Kier alpha value is -1.55. The number of furan rings is 1. The summed E-state index contributed by atoms with van der Waals surface area (Å²) in [6, 6.07) is 3.75. The van der Waals surface area contributed by atoms with E-state index in [4.69, 9.17) is 4.42 Å². The van der Waals surface area contributed by atoms with Crippen molar-refractivity contribution in [1.29, 1.82) is 0 Å². The number of hydrogen-bond donors (Lipinski definition) is 2. The van der Waals surface area contributed by atoms with Crippen LogP contribution in [0.4, 0.5) is 0 Å². The van der Waals surface area contributed by atoms with Gasteiger partial charge in [-0.2, -0.15) is 5.10 Å². The summed E-state index contributed by atoms with van der Waals surface area (Å²) in [7, 11) is 0. The Kier molecular flexibility index (Phi) is 3.98. The standard InChI is InChI=1S/C13H19N3O/c1-10(12-5-7-14-8-6-12)15-16-11(2)13-4-3-9-17-13/h3-4,9,12,14-15H,1,5-8H2,2H3/b16-11+. The molecule has 1 aliphatic rings. The molecule has 0 aromatic carbocycles. The molecule has 0 radical (unpaired) electrons. The van der Waals surface area contributed by atoms with Gasteiger partial charge in [0.05, 0.1) is 6.26 Å². The van der Waals surface area contributed by atoms with E-state index < -0.39 is 0 Å². The van der Waals surface area contributed by atoms with Crippen LogP contribution >= 0.6 is 0 Å². The highest BCUT2D eigenvalue weighted by Crippen LogP contribution is 2.17. The van der Waals surface area contributed by atoms with E-state index in [9.17, 15) is 0 Å². The average Bonchev–Trinajstić information content (AvgIpc) is 2.90. The number of hydrazone groups is 1. The third-order valence-corrected chi connectivity index (χ3v) is 3.08. The van der Waals surface area contributed by atoms with Crippen molar-refractivity contribution in [2.45, 2.75) is 19.8 Å². The van der Waals surface area contributed by atoms with E-state index in [2.05, 4.69) is 22.4 Å². The Bertz CT molecular complexity index is 389. The SMILES string of the molecule is C=C(N/N=C(\C)c1ccco1)C1CCNCC1. The first-order valence-electron chi connectivity index (χ1n) is 6.01. The van der Waals surface area contributed by atoms with Gasteiger partial charge in [0.1, 0.15) is 11.5 Å². The topological polar surface area (TPSA) is 49.6 Å². The number of nitrogens with one attached hydrogen (secondary N) is 2. The van der Waals surface area contributed by atoms with Crippen molar-refractivity contribution >= 4 is 5.71 Å². The molecule has 1 saturated heterocycles. The number of rotatable bonds is 4. The zero-order valence-electron chi connectivity index (χ0n) is 10.2. The molecule has 0 unspecified atom stereocenters. The zero-order valence-corrected chi connectivity index (χ0v) is 10.2. The molecule has 1 fully saturated rings. The summed E-state index contributed by atoms with van der Waals surface area (Å²) in [5.74, 6) is 1.31. The molecule has 1 aromatic rings. The van der Waals surface area contributed by atoms with Gasteiger partial charge in [0.2, 0.25) is 0 Å². The maximum atomic E-state index is 5.26. The fourth-order valence-corrected chi connectivity index (χ4v) is 1.96. The molecule has 2 N–H and O–H groups in total. The molecular formula is C13H19N3O. The second kappa shape index (κ2) is 5.68. The second-order valence-electron chi connectivity index (χ2n) is 4.34. The summed E-state index contributed by atoms with van der Waals surface area (Å²) in [6.45, 7) is 8.10. The monoisotopic (exact) mass is 233 g/mol. The fourth-order valence-electron chi connectivity index (χ4n) is 1.96. The van der Waals surface area contributed by atoms with Gasteiger partial charge in [0.15, 0.2) is 0 Å². The molecule has 0 spiro atoms. The number of allylic oxidation sites excluding steroid dienone is 1. The average molecular weight is 233 g/mol. The molecule has 4 heteroatoms. The first-order chi connectivity index (χ1) is 8.27. The Balaban J connectivity index is 1.88. The quantitative estimate of drug-likeness (QED) is 0.618. The lowest BCUT2D eigenvalue weighted by atomic mass is 9.96. The summed E-state index contributed by atoms with van der Waals surface area (Å²) < 4.78 is 5.26. The summed E-state index contributed by atoms with van der Waals surface area (Å²) in [4.78, 5) is 0. The van der Waals surface area contributed by atoms with Gasteiger partial charge in [-0.25, -0.2) is 0 Å². The maximum absolute atomic E-state index is 5.26. The van der Waals surface area contributed by atoms with Gasteiger partial charge < -0.3 is 9.73 Å².